The summed E-state index contributed by atoms with van der Waals surface area (Å²) in [5.74, 6) is 4.03. The van der Waals surface area contributed by atoms with Crippen LogP contribution in [-0.2, 0) is 4.79 Å². The molecule has 1 aromatic carbocycles. The van der Waals surface area contributed by atoms with Crippen molar-refractivity contribution in [2.24, 2.45) is 10.9 Å². The minimum absolute atomic E-state index is 0.0752. The van der Waals surface area contributed by atoms with E-state index in [4.69, 9.17) is 26.1 Å². The Balaban J connectivity index is 2.14. The average Bonchev–Trinajstić information content (AvgIpc) is 2.85. The summed E-state index contributed by atoms with van der Waals surface area (Å²) in [5.41, 5.74) is 3.29. The van der Waals surface area contributed by atoms with Crippen LogP contribution in [0.4, 0.5) is 5.82 Å². The van der Waals surface area contributed by atoms with E-state index in [1.54, 1.807) is 18.7 Å². The number of aliphatic imine (C=N–C) groups is 1. The van der Waals surface area contributed by atoms with Gasteiger partial charge in [-0.05, 0) is 25.3 Å². The number of terminal acetylenes is 1. The summed E-state index contributed by atoms with van der Waals surface area (Å²) in [5, 5.41) is 9.28. The average molecular weight is 453 g/mol. The number of hydroxylamine groups is 1. The number of benzene rings is 1. The predicted molar refractivity (Wildman–Crippen MR) is 129 cm³/mol. The van der Waals surface area contributed by atoms with E-state index in [0.717, 1.165) is 43.2 Å². The lowest BCUT2D eigenvalue weighted by Gasteiger charge is -2.13. The summed E-state index contributed by atoms with van der Waals surface area (Å²) in [6.07, 6.45) is 13.8. The minimum atomic E-state index is -0.363. The van der Waals surface area contributed by atoms with Gasteiger partial charge in [-0.2, -0.15) is 0 Å². The van der Waals surface area contributed by atoms with Crippen LogP contribution < -0.4 is 15.0 Å². The third-order valence-corrected chi connectivity index (χ3v) is 5.21. The summed E-state index contributed by atoms with van der Waals surface area (Å²) >= 11 is 0. The molecule has 2 aromatic rings. The minimum Gasteiger partial charge on any atom is -0.493 e. The van der Waals surface area contributed by atoms with Crippen molar-refractivity contribution in [3.8, 4) is 23.8 Å². The van der Waals surface area contributed by atoms with Gasteiger partial charge in [0.15, 0.2) is 17.3 Å². The van der Waals surface area contributed by atoms with E-state index in [0.29, 0.717) is 42.3 Å². The highest BCUT2D eigenvalue weighted by atomic mass is 16.5. The van der Waals surface area contributed by atoms with Crippen LogP contribution in [0.2, 0.25) is 0 Å². The Morgan fingerprint density at radius 1 is 1.30 bits per heavy atom. The lowest BCUT2D eigenvalue weighted by molar-refractivity contribution is -0.129. The van der Waals surface area contributed by atoms with E-state index in [-0.39, 0.29) is 11.8 Å². The molecule has 2 N–H and O–H groups in total. The van der Waals surface area contributed by atoms with Gasteiger partial charge in [0.2, 0.25) is 5.91 Å². The molecule has 0 bridgehead atoms. The summed E-state index contributed by atoms with van der Waals surface area (Å²) < 4.78 is 11.5. The summed E-state index contributed by atoms with van der Waals surface area (Å²) in [4.78, 5) is 24.5. The molecule has 0 aliphatic rings. The van der Waals surface area contributed by atoms with E-state index in [2.05, 4.69) is 22.5 Å². The number of carbonyl (C=O) groups excluding carboxylic acids is 1. The van der Waals surface area contributed by atoms with Crippen LogP contribution in [0.1, 0.15) is 51.9 Å². The molecule has 2 rings (SSSR count). The fourth-order valence-electron chi connectivity index (χ4n) is 3.27. The van der Waals surface area contributed by atoms with Crippen LogP contribution in [0.3, 0.4) is 0 Å². The fourth-order valence-corrected chi connectivity index (χ4v) is 3.27. The van der Waals surface area contributed by atoms with Crippen molar-refractivity contribution in [3.05, 3.63) is 31.1 Å². The highest BCUT2D eigenvalue weighted by Gasteiger charge is 2.13. The van der Waals surface area contributed by atoms with Gasteiger partial charge in [-0.1, -0.05) is 31.8 Å². The molecule has 0 aliphatic carbocycles. The maximum atomic E-state index is 11.0. The third kappa shape index (κ3) is 7.88. The number of fused-ring (bicyclic) bond motifs is 1. The van der Waals surface area contributed by atoms with Crippen LogP contribution >= 0.6 is 0 Å². The van der Waals surface area contributed by atoms with Crippen molar-refractivity contribution in [1.29, 1.82) is 0 Å². The molecule has 0 spiro atoms. The molecule has 0 fully saturated rings. The quantitative estimate of drug-likeness (QED) is 0.107. The molecule has 0 saturated heterocycles. The van der Waals surface area contributed by atoms with Gasteiger partial charge in [0.1, 0.15) is 6.33 Å². The summed E-state index contributed by atoms with van der Waals surface area (Å²) in [6, 6.07) is 3.68. The maximum absolute atomic E-state index is 11.0. The monoisotopic (exact) mass is 452 g/mol. The second-order valence-corrected chi connectivity index (χ2v) is 7.51. The third-order valence-electron chi connectivity index (χ3n) is 5.21. The molecule has 1 amide bonds. The number of carbonyl (C=O) groups is 1. The molecular weight excluding hydrogens is 420 g/mol. The lowest BCUT2D eigenvalue weighted by Crippen LogP contribution is -2.17. The van der Waals surface area contributed by atoms with Gasteiger partial charge in [-0.25, -0.2) is 20.4 Å². The molecular formula is C25H32N4O4. The number of rotatable bonds is 14. The number of methoxy groups -OCH3 is 1. The van der Waals surface area contributed by atoms with Gasteiger partial charge in [0.05, 0.1) is 19.2 Å². The number of nitrogens with one attached hydrogen (secondary N) is 1. The number of allylic oxidation sites excluding steroid dienone is 1. The number of amides is 1. The number of ether oxygens (including phenoxy) is 2. The zero-order chi connectivity index (χ0) is 24.1. The van der Waals surface area contributed by atoms with Crippen molar-refractivity contribution < 1.29 is 19.5 Å². The molecule has 1 aromatic heterocycles. The molecule has 1 atom stereocenters. The Morgan fingerprint density at radius 3 is 2.76 bits per heavy atom. The second kappa shape index (κ2) is 13.9. The first kappa shape index (κ1) is 25.8. The molecule has 1 heterocycles. The van der Waals surface area contributed by atoms with Gasteiger partial charge in [0.25, 0.3) is 0 Å². The lowest BCUT2D eigenvalue weighted by atomic mass is 10.0. The Hall–Kier alpha value is -3.44. The van der Waals surface area contributed by atoms with E-state index in [9.17, 15) is 4.79 Å². The number of aromatic nitrogens is 2. The highest BCUT2D eigenvalue weighted by molar-refractivity contribution is 5.95. The zero-order valence-corrected chi connectivity index (χ0v) is 19.3. The van der Waals surface area contributed by atoms with Crippen LogP contribution in [0, 0.1) is 18.3 Å². The topological polar surface area (TPSA) is 106 Å². The molecule has 0 aliphatic heterocycles. The Bertz CT molecular complexity index is 1010. The molecule has 1 unspecified atom stereocenters. The molecule has 8 heteroatoms. The molecule has 0 radical (unpaired) electrons. The summed E-state index contributed by atoms with van der Waals surface area (Å²) in [7, 11) is 1.59. The first-order valence-electron chi connectivity index (χ1n) is 11.1. The Morgan fingerprint density at radius 2 is 2.09 bits per heavy atom. The van der Waals surface area contributed by atoms with E-state index >= 15 is 0 Å². The highest BCUT2D eigenvalue weighted by Crippen LogP contribution is 2.35. The number of hydrogen-bond acceptors (Lipinski definition) is 7. The van der Waals surface area contributed by atoms with Crippen molar-refractivity contribution in [2.75, 3.05) is 13.7 Å². The van der Waals surface area contributed by atoms with Crippen LogP contribution in [-0.4, -0.2) is 40.5 Å². The maximum Gasteiger partial charge on any atom is 0.243 e. The smallest absolute Gasteiger partial charge is 0.243 e. The summed E-state index contributed by atoms with van der Waals surface area (Å²) in [6.45, 7) is 6.33. The van der Waals surface area contributed by atoms with E-state index in [1.807, 2.05) is 19.1 Å². The molecule has 8 nitrogen and oxygen atoms in total. The van der Waals surface area contributed by atoms with Gasteiger partial charge in [0, 0.05) is 35.9 Å². The first-order chi connectivity index (χ1) is 16.1. The SMILES string of the molecule is C#CC(C=C)CC(CC)=Nc1ncnc2cc(OC)c(OCCCCCCC(=O)NO)cc12. The molecule has 176 valence electrons. The Kier molecular flexibility index (Phi) is 10.8. The second-order valence-electron chi connectivity index (χ2n) is 7.51. The largest absolute Gasteiger partial charge is 0.493 e. The normalized spacial score (nSPS) is 12.1. The molecule has 0 saturated carbocycles. The Labute approximate surface area is 195 Å². The van der Waals surface area contributed by atoms with Crippen LogP contribution in [0.25, 0.3) is 10.9 Å². The van der Waals surface area contributed by atoms with Crippen molar-refractivity contribution >= 4 is 28.3 Å². The van der Waals surface area contributed by atoms with Crippen molar-refractivity contribution in [2.45, 2.75) is 51.9 Å². The van der Waals surface area contributed by atoms with Gasteiger partial charge in [-0.3, -0.25) is 10.0 Å². The fraction of sp³-hybridized carbons (Fsp3) is 0.440. The number of nitrogens with zero attached hydrogens (tertiary/aromatic N) is 3. The molecule has 33 heavy (non-hydrogen) atoms. The first-order valence-corrected chi connectivity index (χ1v) is 11.1. The zero-order valence-electron chi connectivity index (χ0n) is 19.3. The van der Waals surface area contributed by atoms with Gasteiger partial charge >= 0.3 is 0 Å². The van der Waals surface area contributed by atoms with Crippen molar-refractivity contribution in [1.82, 2.24) is 15.4 Å². The predicted octanol–water partition coefficient (Wildman–Crippen LogP) is 4.78. The van der Waals surface area contributed by atoms with Gasteiger partial charge in [-0.15, -0.1) is 13.0 Å². The van der Waals surface area contributed by atoms with E-state index in [1.165, 1.54) is 6.33 Å². The van der Waals surface area contributed by atoms with Crippen LogP contribution in [0.5, 0.6) is 11.5 Å². The van der Waals surface area contributed by atoms with Gasteiger partial charge < -0.3 is 9.47 Å². The van der Waals surface area contributed by atoms with Crippen LogP contribution in [0.15, 0.2) is 36.1 Å². The number of hydrogen-bond donors (Lipinski definition) is 2. The number of unbranched alkanes of at least 4 members (excludes halogenated alkanes) is 3. The standard InChI is InChI=1S/C25H32N4O4/c1-5-18(6-2)14-19(7-3)28-25-20-15-23(22(32-4)16-21(20)26-17-27-25)33-13-11-9-8-10-12-24(30)29-31/h1,6,15-18,31H,2,7-14H2,3-4H3,(H,29,30). The van der Waals surface area contributed by atoms with E-state index < -0.39 is 0 Å². The van der Waals surface area contributed by atoms with Crippen molar-refractivity contribution in [3.63, 3.8) is 0 Å².